The van der Waals surface area contributed by atoms with Crippen molar-refractivity contribution in [3.63, 3.8) is 0 Å². The molecule has 0 radical (unpaired) electrons. The van der Waals surface area contributed by atoms with E-state index < -0.39 is 6.09 Å². The molecule has 0 heterocycles. The maximum absolute atomic E-state index is 11.0. The molecule has 0 aliphatic heterocycles. The Morgan fingerprint density at radius 2 is 1.87 bits per heavy atom. The van der Waals surface area contributed by atoms with Crippen LogP contribution in [-0.2, 0) is 0 Å². The van der Waals surface area contributed by atoms with Gasteiger partial charge in [0, 0.05) is 5.56 Å². The maximum Gasteiger partial charge on any atom is 0.409 e. The Hall–Kier alpha value is -2.55. The van der Waals surface area contributed by atoms with E-state index in [4.69, 9.17) is 5.11 Å². The standard InChI is InChI=1S/C20H25NO2/c1-7-11-16(14(3)20(4,5)6)15(8-2)17-12-9-10-13-18(17)21-19(22)23/h7-13,21H,1,3H2,2,4-6H3,(H,22,23)/b15-8+,16-11-. The Bertz CT molecular complexity index is 673. The number of allylic oxidation sites excluding steroid dienone is 6. The van der Waals surface area contributed by atoms with E-state index in [0.717, 1.165) is 22.3 Å². The molecule has 0 fully saturated rings. The lowest BCUT2D eigenvalue weighted by Crippen LogP contribution is -2.13. The molecule has 0 saturated heterocycles. The zero-order valence-corrected chi connectivity index (χ0v) is 14.3. The smallest absolute Gasteiger partial charge is 0.409 e. The highest BCUT2D eigenvalue weighted by Gasteiger charge is 2.22. The number of hydrogen-bond acceptors (Lipinski definition) is 1. The van der Waals surface area contributed by atoms with Crippen LogP contribution in [0.5, 0.6) is 0 Å². The Kier molecular flexibility index (Phi) is 6.14. The Morgan fingerprint density at radius 1 is 1.26 bits per heavy atom. The zero-order valence-electron chi connectivity index (χ0n) is 14.3. The van der Waals surface area contributed by atoms with Gasteiger partial charge in [0.05, 0.1) is 5.69 Å². The Balaban J connectivity index is 3.48. The van der Waals surface area contributed by atoms with Crippen LogP contribution in [0.3, 0.4) is 0 Å². The van der Waals surface area contributed by atoms with Crippen LogP contribution >= 0.6 is 0 Å². The number of hydrogen-bond donors (Lipinski definition) is 2. The Morgan fingerprint density at radius 3 is 2.35 bits per heavy atom. The molecule has 1 aromatic rings. The van der Waals surface area contributed by atoms with Crippen LogP contribution in [0, 0.1) is 5.41 Å². The number of carboxylic acid groups (broad SMARTS) is 1. The zero-order chi connectivity index (χ0) is 17.6. The summed E-state index contributed by atoms with van der Waals surface area (Å²) in [5.74, 6) is 0. The fourth-order valence-electron chi connectivity index (χ4n) is 2.27. The molecule has 2 N–H and O–H groups in total. The summed E-state index contributed by atoms with van der Waals surface area (Å²) in [4.78, 5) is 11.0. The molecule has 1 amide bonds. The quantitative estimate of drug-likeness (QED) is 0.666. The number of carbonyl (C=O) groups is 1. The monoisotopic (exact) mass is 311 g/mol. The van der Waals surface area contributed by atoms with Crippen molar-refractivity contribution in [1.29, 1.82) is 0 Å². The van der Waals surface area contributed by atoms with Crippen LogP contribution in [0.2, 0.25) is 0 Å². The van der Waals surface area contributed by atoms with Gasteiger partial charge in [0.1, 0.15) is 0 Å². The summed E-state index contributed by atoms with van der Waals surface area (Å²) in [6, 6.07) is 7.33. The summed E-state index contributed by atoms with van der Waals surface area (Å²) in [5, 5.41) is 11.5. The van der Waals surface area contributed by atoms with Crippen LogP contribution in [0.1, 0.15) is 33.3 Å². The van der Waals surface area contributed by atoms with Crippen LogP contribution < -0.4 is 5.32 Å². The first-order valence-corrected chi connectivity index (χ1v) is 7.50. The highest BCUT2D eigenvalue weighted by molar-refractivity contribution is 5.94. The van der Waals surface area contributed by atoms with Crippen molar-refractivity contribution in [2.75, 3.05) is 5.32 Å². The minimum Gasteiger partial charge on any atom is -0.465 e. The number of nitrogens with one attached hydrogen (secondary N) is 1. The first kappa shape index (κ1) is 18.5. The molecule has 0 aromatic heterocycles. The van der Waals surface area contributed by atoms with Crippen molar-refractivity contribution in [2.45, 2.75) is 27.7 Å². The SMILES string of the molecule is C=C/C=C(C(=C)C(C)(C)C)\C(=C/C)c1ccccc1NC(=O)O. The van der Waals surface area contributed by atoms with Crippen LogP contribution in [0.15, 0.2) is 66.8 Å². The molecular weight excluding hydrogens is 286 g/mol. The van der Waals surface area contributed by atoms with Crippen molar-refractivity contribution in [3.8, 4) is 0 Å². The van der Waals surface area contributed by atoms with Gasteiger partial charge in [-0.15, -0.1) is 0 Å². The Labute approximate surface area is 138 Å². The van der Waals surface area contributed by atoms with Crippen molar-refractivity contribution in [3.05, 3.63) is 72.4 Å². The molecule has 0 unspecified atom stereocenters. The summed E-state index contributed by atoms with van der Waals surface area (Å²) in [6.45, 7) is 16.3. The van der Waals surface area contributed by atoms with Crippen LogP contribution in [0.25, 0.3) is 5.57 Å². The van der Waals surface area contributed by atoms with Crippen molar-refractivity contribution in [2.24, 2.45) is 5.41 Å². The molecule has 122 valence electrons. The molecule has 3 nitrogen and oxygen atoms in total. The van der Waals surface area contributed by atoms with E-state index in [1.165, 1.54) is 0 Å². The van der Waals surface area contributed by atoms with Gasteiger partial charge in [-0.25, -0.2) is 4.79 Å². The molecule has 0 bridgehead atoms. The minimum atomic E-state index is -1.09. The number of amides is 1. The van der Waals surface area contributed by atoms with Crippen molar-refractivity contribution in [1.82, 2.24) is 0 Å². The van der Waals surface area contributed by atoms with Gasteiger partial charge in [0.25, 0.3) is 0 Å². The molecule has 0 aliphatic rings. The first-order chi connectivity index (χ1) is 10.7. The number of anilines is 1. The second kappa shape index (κ2) is 7.63. The summed E-state index contributed by atoms with van der Waals surface area (Å²) < 4.78 is 0. The van der Waals surface area contributed by atoms with Gasteiger partial charge in [-0.3, -0.25) is 5.32 Å². The summed E-state index contributed by atoms with van der Waals surface area (Å²) >= 11 is 0. The van der Waals surface area contributed by atoms with Crippen LogP contribution in [-0.4, -0.2) is 11.2 Å². The van der Waals surface area contributed by atoms with E-state index in [-0.39, 0.29) is 5.41 Å². The molecule has 3 heteroatoms. The van der Waals surface area contributed by atoms with Crippen molar-refractivity contribution >= 4 is 17.4 Å². The highest BCUT2D eigenvalue weighted by Crippen LogP contribution is 2.39. The second-order valence-corrected chi connectivity index (χ2v) is 6.22. The number of rotatable bonds is 5. The van der Waals surface area contributed by atoms with E-state index in [9.17, 15) is 4.79 Å². The van der Waals surface area contributed by atoms with Gasteiger partial charge >= 0.3 is 6.09 Å². The lowest BCUT2D eigenvalue weighted by Gasteiger charge is -2.26. The van der Waals surface area contributed by atoms with E-state index in [0.29, 0.717) is 5.69 Å². The predicted molar refractivity (Wildman–Crippen MR) is 98.6 cm³/mol. The number of benzene rings is 1. The molecule has 0 saturated carbocycles. The van der Waals surface area contributed by atoms with Crippen LogP contribution in [0.4, 0.5) is 10.5 Å². The van der Waals surface area contributed by atoms with Gasteiger partial charge in [-0.05, 0) is 35.1 Å². The minimum absolute atomic E-state index is 0.113. The summed E-state index contributed by atoms with van der Waals surface area (Å²) in [7, 11) is 0. The molecule has 1 aromatic carbocycles. The largest absolute Gasteiger partial charge is 0.465 e. The summed E-state index contributed by atoms with van der Waals surface area (Å²) in [6.07, 6.45) is 4.52. The summed E-state index contributed by atoms with van der Waals surface area (Å²) in [5.41, 5.74) is 4.10. The normalized spacial score (nSPS) is 12.7. The van der Waals surface area contributed by atoms with Crippen molar-refractivity contribution < 1.29 is 9.90 Å². The third-order valence-corrected chi connectivity index (χ3v) is 3.55. The fourth-order valence-corrected chi connectivity index (χ4v) is 2.27. The van der Waals surface area contributed by atoms with Gasteiger partial charge in [-0.2, -0.15) is 0 Å². The maximum atomic E-state index is 11.0. The predicted octanol–water partition coefficient (Wildman–Crippen LogP) is 5.89. The lowest BCUT2D eigenvalue weighted by atomic mass is 9.78. The average molecular weight is 311 g/mol. The van der Waals surface area contributed by atoms with Gasteiger partial charge < -0.3 is 5.11 Å². The fraction of sp³-hybridized carbons (Fsp3) is 0.250. The van der Waals surface area contributed by atoms with Gasteiger partial charge in [0.2, 0.25) is 0 Å². The van der Waals surface area contributed by atoms with E-state index in [1.807, 2.05) is 31.2 Å². The molecule has 0 aliphatic carbocycles. The van der Waals surface area contributed by atoms with E-state index in [1.54, 1.807) is 18.2 Å². The third kappa shape index (κ3) is 4.71. The highest BCUT2D eigenvalue weighted by atomic mass is 16.4. The lowest BCUT2D eigenvalue weighted by molar-refractivity contribution is 0.209. The van der Waals surface area contributed by atoms with E-state index >= 15 is 0 Å². The van der Waals surface area contributed by atoms with Gasteiger partial charge in [0.15, 0.2) is 0 Å². The second-order valence-electron chi connectivity index (χ2n) is 6.22. The first-order valence-electron chi connectivity index (χ1n) is 7.50. The molecule has 0 spiro atoms. The van der Waals surface area contributed by atoms with Gasteiger partial charge in [-0.1, -0.05) is 70.4 Å². The molecule has 0 atom stereocenters. The van der Waals surface area contributed by atoms with E-state index in [2.05, 4.69) is 39.2 Å². The molecular formula is C20H25NO2. The average Bonchev–Trinajstić information content (AvgIpc) is 2.46. The molecule has 23 heavy (non-hydrogen) atoms. The third-order valence-electron chi connectivity index (χ3n) is 3.55. The number of para-hydroxylation sites is 1. The molecule has 1 rings (SSSR count). The topological polar surface area (TPSA) is 49.3 Å².